The second-order valence-electron chi connectivity index (χ2n) is 4.46. The summed E-state index contributed by atoms with van der Waals surface area (Å²) in [6.45, 7) is 5.96. The maximum Gasteiger partial charge on any atom is 0.356 e. The molecule has 5 nitrogen and oxygen atoms in total. The van der Waals surface area contributed by atoms with Gasteiger partial charge < -0.3 is 9.84 Å². The summed E-state index contributed by atoms with van der Waals surface area (Å²) in [7, 11) is 0. The second kappa shape index (κ2) is 4.25. The number of rotatable bonds is 3. The van der Waals surface area contributed by atoms with Gasteiger partial charge in [0.2, 0.25) is 0 Å². The Morgan fingerprint density at radius 2 is 2.38 bits per heavy atom. The third kappa shape index (κ3) is 1.95. The van der Waals surface area contributed by atoms with Crippen molar-refractivity contribution in [3.63, 3.8) is 0 Å². The van der Waals surface area contributed by atoms with Crippen LogP contribution in [0.2, 0.25) is 0 Å². The predicted octanol–water partition coefficient (Wildman–Crippen LogP) is 1.31. The van der Waals surface area contributed by atoms with Crippen LogP contribution in [0.15, 0.2) is 0 Å². The molecule has 5 heteroatoms. The second-order valence-corrected chi connectivity index (χ2v) is 4.46. The predicted molar refractivity (Wildman–Crippen MR) is 57.4 cm³/mol. The number of nitrogens with zero attached hydrogens (tertiary/aromatic N) is 2. The largest absolute Gasteiger partial charge is 0.476 e. The van der Waals surface area contributed by atoms with E-state index in [9.17, 15) is 4.79 Å². The zero-order chi connectivity index (χ0) is 11.7. The monoisotopic (exact) mass is 224 g/mol. The number of carboxylic acids is 1. The van der Waals surface area contributed by atoms with E-state index in [1.807, 2.05) is 4.68 Å². The normalized spacial score (nSPS) is 15.2. The van der Waals surface area contributed by atoms with Crippen molar-refractivity contribution < 1.29 is 14.6 Å². The number of hydrogen-bond acceptors (Lipinski definition) is 3. The van der Waals surface area contributed by atoms with Gasteiger partial charge in [0.05, 0.1) is 13.2 Å². The summed E-state index contributed by atoms with van der Waals surface area (Å²) in [6.07, 6.45) is 0.752. The van der Waals surface area contributed by atoms with Crippen LogP contribution in [0.3, 0.4) is 0 Å². The van der Waals surface area contributed by atoms with Crippen LogP contribution in [0.25, 0.3) is 0 Å². The van der Waals surface area contributed by atoms with Crippen LogP contribution < -0.4 is 0 Å². The van der Waals surface area contributed by atoms with Crippen molar-refractivity contribution in [1.29, 1.82) is 0 Å². The minimum Gasteiger partial charge on any atom is -0.476 e. The molecule has 0 spiro atoms. The van der Waals surface area contributed by atoms with Crippen molar-refractivity contribution in [2.45, 2.75) is 33.4 Å². The number of fused-ring (bicyclic) bond motifs is 1. The van der Waals surface area contributed by atoms with Gasteiger partial charge in [-0.15, -0.1) is 0 Å². The topological polar surface area (TPSA) is 64.4 Å². The van der Waals surface area contributed by atoms with E-state index in [0.717, 1.165) is 24.2 Å². The number of aromatic carboxylic acids is 1. The Morgan fingerprint density at radius 3 is 3.00 bits per heavy atom. The van der Waals surface area contributed by atoms with Crippen molar-refractivity contribution in [1.82, 2.24) is 9.78 Å². The standard InChI is InChI=1S/C11H16N2O3/c1-7(2)5-13-9-3-4-16-6-8(9)10(12-13)11(14)15/h7H,3-6H2,1-2H3,(H,14,15). The molecule has 0 unspecified atom stereocenters. The molecular formula is C11H16N2O3. The Hall–Kier alpha value is -1.36. The van der Waals surface area contributed by atoms with Gasteiger partial charge in [-0.05, 0) is 5.92 Å². The van der Waals surface area contributed by atoms with E-state index in [1.165, 1.54) is 0 Å². The molecule has 1 aliphatic rings. The summed E-state index contributed by atoms with van der Waals surface area (Å²) in [5, 5.41) is 13.2. The molecule has 0 fully saturated rings. The van der Waals surface area contributed by atoms with Gasteiger partial charge in [-0.25, -0.2) is 4.79 Å². The van der Waals surface area contributed by atoms with Crippen LogP contribution in [0.5, 0.6) is 0 Å². The van der Waals surface area contributed by atoms with E-state index >= 15 is 0 Å². The number of carboxylic acid groups (broad SMARTS) is 1. The molecule has 0 saturated carbocycles. The molecule has 2 heterocycles. The zero-order valence-electron chi connectivity index (χ0n) is 9.56. The van der Waals surface area contributed by atoms with Crippen LogP contribution in [0.4, 0.5) is 0 Å². The maximum atomic E-state index is 11.0. The van der Waals surface area contributed by atoms with Crippen molar-refractivity contribution >= 4 is 5.97 Å². The van der Waals surface area contributed by atoms with Crippen LogP contribution in [0, 0.1) is 5.92 Å². The molecule has 0 bridgehead atoms. The summed E-state index contributed by atoms with van der Waals surface area (Å²) in [5.41, 5.74) is 1.92. The highest BCUT2D eigenvalue weighted by molar-refractivity contribution is 5.87. The molecule has 0 amide bonds. The minimum absolute atomic E-state index is 0.148. The number of ether oxygens (including phenoxy) is 1. The minimum atomic E-state index is -0.968. The number of carbonyl (C=O) groups is 1. The first-order chi connectivity index (χ1) is 7.59. The first kappa shape index (κ1) is 11.1. The molecule has 1 aromatic rings. The third-order valence-electron chi connectivity index (χ3n) is 2.64. The molecule has 2 rings (SSSR count). The lowest BCUT2D eigenvalue weighted by atomic mass is 10.1. The summed E-state index contributed by atoms with van der Waals surface area (Å²) < 4.78 is 7.11. The fourth-order valence-electron chi connectivity index (χ4n) is 1.98. The highest BCUT2D eigenvalue weighted by Crippen LogP contribution is 2.21. The molecule has 0 saturated heterocycles. The van der Waals surface area contributed by atoms with Crippen molar-refractivity contribution in [3.8, 4) is 0 Å². The highest BCUT2D eigenvalue weighted by Gasteiger charge is 2.25. The number of aromatic nitrogens is 2. The third-order valence-corrected chi connectivity index (χ3v) is 2.64. The average Bonchev–Trinajstić information content (AvgIpc) is 2.57. The lowest BCUT2D eigenvalue weighted by Crippen LogP contribution is -2.16. The molecule has 0 atom stereocenters. The van der Waals surface area contributed by atoms with Gasteiger partial charge in [-0.1, -0.05) is 13.8 Å². The fraction of sp³-hybridized carbons (Fsp3) is 0.636. The first-order valence-electron chi connectivity index (χ1n) is 5.49. The van der Waals surface area contributed by atoms with E-state index in [0.29, 0.717) is 19.1 Å². The van der Waals surface area contributed by atoms with E-state index in [1.54, 1.807) is 0 Å². The van der Waals surface area contributed by atoms with Gasteiger partial charge in [0, 0.05) is 24.2 Å². The van der Waals surface area contributed by atoms with Crippen molar-refractivity contribution in [2.75, 3.05) is 6.61 Å². The summed E-state index contributed by atoms with van der Waals surface area (Å²) in [6, 6.07) is 0. The molecule has 16 heavy (non-hydrogen) atoms. The van der Waals surface area contributed by atoms with Gasteiger partial charge in [-0.3, -0.25) is 4.68 Å². The Labute approximate surface area is 94.0 Å². The Balaban J connectivity index is 2.42. The summed E-state index contributed by atoms with van der Waals surface area (Å²) in [4.78, 5) is 11.0. The van der Waals surface area contributed by atoms with Crippen LogP contribution in [-0.4, -0.2) is 27.5 Å². The highest BCUT2D eigenvalue weighted by atomic mass is 16.5. The summed E-state index contributed by atoms with van der Waals surface area (Å²) in [5.74, 6) is -0.516. The van der Waals surface area contributed by atoms with Gasteiger partial charge in [0.15, 0.2) is 5.69 Å². The van der Waals surface area contributed by atoms with E-state index in [4.69, 9.17) is 9.84 Å². The van der Waals surface area contributed by atoms with E-state index in [-0.39, 0.29) is 5.69 Å². The van der Waals surface area contributed by atoms with Gasteiger partial charge in [0.25, 0.3) is 0 Å². The average molecular weight is 224 g/mol. The van der Waals surface area contributed by atoms with Crippen molar-refractivity contribution in [3.05, 3.63) is 17.0 Å². The Morgan fingerprint density at radius 1 is 1.62 bits per heavy atom. The van der Waals surface area contributed by atoms with Crippen LogP contribution in [0.1, 0.15) is 35.6 Å². The summed E-state index contributed by atoms with van der Waals surface area (Å²) >= 11 is 0. The van der Waals surface area contributed by atoms with Crippen LogP contribution >= 0.6 is 0 Å². The molecule has 0 aromatic carbocycles. The van der Waals surface area contributed by atoms with E-state index < -0.39 is 5.97 Å². The van der Waals surface area contributed by atoms with Crippen molar-refractivity contribution in [2.24, 2.45) is 5.92 Å². The van der Waals surface area contributed by atoms with Gasteiger partial charge >= 0.3 is 5.97 Å². The Kier molecular flexibility index (Phi) is 2.96. The van der Waals surface area contributed by atoms with Crippen LogP contribution in [-0.2, 0) is 24.3 Å². The molecule has 0 aliphatic carbocycles. The first-order valence-corrected chi connectivity index (χ1v) is 5.49. The lowest BCUT2D eigenvalue weighted by Gasteiger charge is -2.15. The zero-order valence-corrected chi connectivity index (χ0v) is 9.56. The maximum absolute atomic E-state index is 11.0. The molecule has 1 aliphatic heterocycles. The molecule has 1 aromatic heterocycles. The smallest absolute Gasteiger partial charge is 0.356 e. The number of hydrogen-bond donors (Lipinski definition) is 1. The van der Waals surface area contributed by atoms with Gasteiger partial charge in [0.1, 0.15) is 0 Å². The van der Waals surface area contributed by atoms with Gasteiger partial charge in [-0.2, -0.15) is 5.10 Å². The SMILES string of the molecule is CC(C)Cn1nc(C(=O)O)c2c1CCOC2. The molecule has 1 N–H and O–H groups in total. The Bertz CT molecular complexity index is 410. The lowest BCUT2D eigenvalue weighted by molar-refractivity contribution is 0.0677. The molecule has 88 valence electrons. The molecule has 0 radical (unpaired) electrons. The quantitative estimate of drug-likeness (QED) is 0.840. The van der Waals surface area contributed by atoms with E-state index in [2.05, 4.69) is 18.9 Å². The fourth-order valence-corrected chi connectivity index (χ4v) is 1.98. The molecular weight excluding hydrogens is 208 g/mol.